The lowest BCUT2D eigenvalue weighted by atomic mass is 9.80. The van der Waals surface area contributed by atoms with Gasteiger partial charge in [0.05, 0.1) is 24.5 Å². The average molecular weight is 758 g/mol. The summed E-state index contributed by atoms with van der Waals surface area (Å²) in [6, 6.07) is 1.20. The summed E-state index contributed by atoms with van der Waals surface area (Å²) in [6.07, 6.45) is 14.1. The number of carbonyl (C=O) groups is 2. The lowest BCUT2D eigenvalue weighted by Crippen LogP contribution is -2.47. The molecule has 1 saturated heterocycles. The molecule has 0 spiro atoms. The second-order valence-corrected chi connectivity index (χ2v) is 21.9. The highest BCUT2D eigenvalue weighted by molar-refractivity contribution is 6.74. The summed E-state index contributed by atoms with van der Waals surface area (Å²) in [5.74, 6) is -8.39. The summed E-state index contributed by atoms with van der Waals surface area (Å²) in [4.78, 5) is 41.7. The lowest BCUT2D eigenvalue weighted by Gasteiger charge is -2.37. The predicted molar refractivity (Wildman–Crippen MR) is 205 cm³/mol. The van der Waals surface area contributed by atoms with Gasteiger partial charge in [-0.05, 0) is 51.4 Å². The number of hydrogen-bond acceptors (Lipinski definition) is 7. The number of nitrogens with one attached hydrogen (secondary N) is 1. The first-order chi connectivity index (χ1) is 24.2. The largest absolute Gasteiger partial charge is 0.481 e. The number of alkyl halides is 2. The highest BCUT2D eigenvalue weighted by Crippen LogP contribution is 2.51. The lowest BCUT2D eigenvalue weighted by molar-refractivity contribution is -0.156. The molecule has 2 rings (SSSR count). The van der Waals surface area contributed by atoms with E-state index in [0.29, 0.717) is 11.0 Å². The third-order valence-corrected chi connectivity index (χ3v) is 15.0. The van der Waals surface area contributed by atoms with E-state index < -0.39 is 61.8 Å². The third-order valence-electron chi connectivity index (χ3n) is 10.5. The number of aromatic nitrogens is 2. The molecule has 0 bridgehead atoms. The number of anilines is 1. The van der Waals surface area contributed by atoms with E-state index in [1.165, 1.54) is 70.3 Å². The van der Waals surface area contributed by atoms with Crippen molar-refractivity contribution < 1.29 is 37.4 Å². The van der Waals surface area contributed by atoms with Crippen LogP contribution in [-0.2, 0) is 18.7 Å². The normalized spacial score (nSPS) is 19.8. The molecular formula is C39H69F2N3O7Si. The van der Waals surface area contributed by atoms with Crippen LogP contribution in [0.1, 0.15) is 157 Å². The SMILES string of the molecule is CCCCCCCCCCCCCCCCCC(C(=O)O)[C@@H]1C(CO[Si](C)(C)C(C)(C)C)O[C@@H](n2ccc(NC(=O)OC(C)(C)C)nc2=O)C1(F)F. The van der Waals surface area contributed by atoms with Gasteiger partial charge >= 0.3 is 17.8 Å². The second-order valence-electron chi connectivity index (χ2n) is 17.1. The van der Waals surface area contributed by atoms with Crippen molar-refractivity contribution in [2.75, 3.05) is 11.9 Å². The van der Waals surface area contributed by atoms with Crippen molar-refractivity contribution in [1.82, 2.24) is 9.55 Å². The number of aliphatic carboxylic acids is 1. The van der Waals surface area contributed by atoms with Crippen molar-refractivity contribution >= 4 is 26.2 Å². The molecule has 52 heavy (non-hydrogen) atoms. The monoisotopic (exact) mass is 757 g/mol. The van der Waals surface area contributed by atoms with Gasteiger partial charge < -0.3 is 19.0 Å². The van der Waals surface area contributed by atoms with Crippen LogP contribution in [0.4, 0.5) is 19.4 Å². The fourth-order valence-corrected chi connectivity index (χ4v) is 7.46. The molecule has 0 aliphatic carbocycles. The number of rotatable bonds is 23. The van der Waals surface area contributed by atoms with Gasteiger partial charge in [0, 0.05) is 6.20 Å². The van der Waals surface area contributed by atoms with Crippen molar-refractivity contribution in [2.45, 2.75) is 193 Å². The molecule has 2 N–H and O–H groups in total. The van der Waals surface area contributed by atoms with Gasteiger partial charge in [-0.25, -0.2) is 18.4 Å². The topological polar surface area (TPSA) is 129 Å². The van der Waals surface area contributed by atoms with Gasteiger partial charge in [-0.15, -0.1) is 0 Å². The third kappa shape index (κ3) is 14.8. The summed E-state index contributed by atoms with van der Waals surface area (Å²) >= 11 is 0. The highest BCUT2D eigenvalue weighted by Gasteiger charge is 2.63. The Kier molecular flexibility index (Phi) is 18.4. The Balaban J connectivity index is 2.09. The van der Waals surface area contributed by atoms with Crippen LogP contribution < -0.4 is 11.0 Å². The molecule has 2 heterocycles. The Morgan fingerprint density at radius 3 is 1.88 bits per heavy atom. The fraction of sp³-hybridized carbons (Fsp3) is 0.846. The summed E-state index contributed by atoms with van der Waals surface area (Å²) in [7, 11) is -2.43. The van der Waals surface area contributed by atoms with Crippen LogP contribution in [0.25, 0.3) is 0 Å². The summed E-state index contributed by atoms with van der Waals surface area (Å²) in [5, 5.41) is 12.4. The number of halogens is 2. The molecule has 0 radical (unpaired) electrons. The minimum atomic E-state index is -3.74. The molecule has 2 unspecified atom stereocenters. The van der Waals surface area contributed by atoms with Crippen LogP contribution in [0.3, 0.4) is 0 Å². The van der Waals surface area contributed by atoms with Crippen LogP contribution >= 0.6 is 0 Å². The van der Waals surface area contributed by atoms with Crippen molar-refractivity contribution in [1.29, 1.82) is 0 Å². The quantitative estimate of drug-likeness (QED) is 0.0834. The zero-order chi connectivity index (χ0) is 39.2. The molecule has 1 aliphatic heterocycles. The Bertz CT molecular complexity index is 1300. The zero-order valence-corrected chi connectivity index (χ0v) is 34.5. The number of carboxylic acid groups (broad SMARTS) is 1. The Morgan fingerprint density at radius 1 is 0.942 bits per heavy atom. The van der Waals surface area contributed by atoms with Crippen molar-refractivity contribution in [3.8, 4) is 0 Å². The first-order valence-electron chi connectivity index (χ1n) is 19.7. The number of unbranched alkanes of at least 4 members (excludes halogenated alkanes) is 14. The summed E-state index contributed by atoms with van der Waals surface area (Å²) in [6.45, 7) is 17.1. The molecule has 1 fully saturated rings. The zero-order valence-electron chi connectivity index (χ0n) is 33.5. The van der Waals surface area contributed by atoms with Gasteiger partial charge in [0.2, 0.25) is 6.23 Å². The maximum absolute atomic E-state index is 16.5. The molecule has 0 aromatic carbocycles. The van der Waals surface area contributed by atoms with Gasteiger partial charge in [-0.2, -0.15) is 4.98 Å². The van der Waals surface area contributed by atoms with E-state index in [9.17, 15) is 19.5 Å². The number of carboxylic acids is 1. The smallest absolute Gasteiger partial charge is 0.413 e. The van der Waals surface area contributed by atoms with Crippen LogP contribution in [-0.4, -0.2) is 59.3 Å². The molecule has 1 amide bonds. The van der Waals surface area contributed by atoms with E-state index >= 15 is 8.78 Å². The van der Waals surface area contributed by atoms with Crippen LogP contribution in [0, 0.1) is 11.8 Å². The Labute approximate surface area is 312 Å². The van der Waals surface area contributed by atoms with Gasteiger partial charge in [0.15, 0.2) is 8.32 Å². The molecule has 1 aromatic heterocycles. The predicted octanol–water partition coefficient (Wildman–Crippen LogP) is 10.7. The van der Waals surface area contributed by atoms with Gasteiger partial charge in [-0.1, -0.05) is 124 Å². The van der Waals surface area contributed by atoms with Crippen molar-refractivity contribution in [3.63, 3.8) is 0 Å². The first-order valence-corrected chi connectivity index (χ1v) is 22.6. The summed E-state index contributed by atoms with van der Waals surface area (Å²) < 4.78 is 51.1. The van der Waals surface area contributed by atoms with E-state index in [-0.39, 0.29) is 23.9 Å². The molecule has 300 valence electrons. The second kappa shape index (κ2) is 20.9. The molecule has 1 aromatic rings. The number of ether oxygens (including phenoxy) is 2. The van der Waals surface area contributed by atoms with Crippen LogP contribution in [0.15, 0.2) is 17.1 Å². The van der Waals surface area contributed by atoms with Gasteiger partial charge in [0.25, 0.3) is 5.92 Å². The number of nitrogens with zero attached hydrogens (tertiary/aromatic N) is 2. The Morgan fingerprint density at radius 2 is 1.44 bits per heavy atom. The van der Waals surface area contributed by atoms with E-state index in [1.54, 1.807) is 20.8 Å². The molecule has 13 heteroatoms. The number of hydrogen-bond donors (Lipinski definition) is 2. The first kappa shape index (κ1) is 45.8. The van der Waals surface area contributed by atoms with Crippen LogP contribution in [0.5, 0.6) is 0 Å². The summed E-state index contributed by atoms with van der Waals surface area (Å²) in [5.41, 5.74) is -1.89. The van der Waals surface area contributed by atoms with Gasteiger partial charge in [-0.3, -0.25) is 14.7 Å². The van der Waals surface area contributed by atoms with Gasteiger partial charge in [0.1, 0.15) is 11.4 Å². The highest BCUT2D eigenvalue weighted by atomic mass is 28.4. The molecule has 4 atom stereocenters. The van der Waals surface area contributed by atoms with E-state index in [0.717, 1.165) is 31.9 Å². The number of amides is 1. The minimum Gasteiger partial charge on any atom is -0.481 e. The molecule has 10 nitrogen and oxygen atoms in total. The van der Waals surface area contributed by atoms with E-state index in [2.05, 4.69) is 17.2 Å². The van der Waals surface area contributed by atoms with Crippen molar-refractivity contribution in [2.24, 2.45) is 11.8 Å². The molecular weight excluding hydrogens is 689 g/mol. The van der Waals surface area contributed by atoms with E-state index in [1.807, 2.05) is 33.9 Å². The number of carbonyl (C=O) groups excluding carboxylic acids is 1. The fourth-order valence-electron chi connectivity index (χ4n) is 6.44. The maximum Gasteiger partial charge on any atom is 0.413 e. The standard InChI is InChI=1S/C39H69F2N3O7Si/c1-10-11-12-13-14-15-16-17-18-19-20-21-22-23-24-25-29(33(45)46)32-30(28-49-52(8,9)38(5,6)7)50-34(39(32,40)41)44-27-26-31(42-35(44)47)43-36(48)51-37(2,3)4/h26-27,29-30,32,34H,10-25,28H2,1-9H3,(H,45,46)(H,42,43,47,48)/t29?,30?,32-,34-/m1/s1. The van der Waals surface area contributed by atoms with E-state index in [4.69, 9.17) is 13.9 Å². The average Bonchev–Trinajstić information content (AvgIpc) is 3.27. The molecule has 0 saturated carbocycles. The van der Waals surface area contributed by atoms with Crippen LogP contribution in [0.2, 0.25) is 18.1 Å². The Hall–Kier alpha value is -2.38. The maximum atomic E-state index is 16.5. The van der Waals surface area contributed by atoms with Crippen molar-refractivity contribution in [3.05, 3.63) is 22.7 Å². The minimum absolute atomic E-state index is 0.0619. The molecule has 1 aliphatic rings.